The number of halogens is 2. The molecule has 0 unspecified atom stereocenters. The Bertz CT molecular complexity index is 843. The molecule has 0 radical (unpaired) electrons. The number of rotatable bonds is 4. The quantitative estimate of drug-likeness (QED) is 0.773. The van der Waals surface area contributed by atoms with Gasteiger partial charge in [-0.1, -0.05) is 17.7 Å². The van der Waals surface area contributed by atoms with E-state index in [4.69, 9.17) is 11.6 Å². The van der Waals surface area contributed by atoms with Crippen molar-refractivity contribution in [3.63, 3.8) is 0 Å². The highest BCUT2D eigenvalue weighted by molar-refractivity contribution is 6.31. The van der Waals surface area contributed by atoms with Gasteiger partial charge < -0.3 is 10.4 Å². The first kappa shape index (κ1) is 14.3. The Morgan fingerprint density at radius 2 is 2.18 bits per heavy atom. The summed E-state index contributed by atoms with van der Waals surface area (Å²) in [6.07, 6.45) is 3.07. The van der Waals surface area contributed by atoms with Gasteiger partial charge in [-0.15, -0.1) is 0 Å². The van der Waals surface area contributed by atoms with E-state index in [2.05, 4.69) is 10.3 Å². The minimum Gasteiger partial charge on any atom is -0.476 e. The molecule has 0 bridgehead atoms. The van der Waals surface area contributed by atoms with Crippen molar-refractivity contribution in [2.45, 2.75) is 6.54 Å². The number of nitrogens with one attached hydrogen (secondary N) is 1. The van der Waals surface area contributed by atoms with Gasteiger partial charge in [0.15, 0.2) is 5.69 Å². The second kappa shape index (κ2) is 5.65. The number of fused-ring (bicyclic) bond motifs is 1. The normalized spacial score (nSPS) is 10.8. The number of anilines is 1. The minimum absolute atomic E-state index is 0.0301. The summed E-state index contributed by atoms with van der Waals surface area (Å²) in [6, 6.07) is 7.68. The third kappa shape index (κ3) is 2.48. The number of nitrogens with zero attached hydrogens (tertiary/aromatic N) is 2. The molecule has 0 fully saturated rings. The van der Waals surface area contributed by atoms with Crippen LogP contribution >= 0.6 is 11.6 Å². The summed E-state index contributed by atoms with van der Waals surface area (Å²) in [4.78, 5) is 15.5. The number of carbonyl (C=O) groups is 1. The maximum Gasteiger partial charge on any atom is 0.355 e. The van der Waals surface area contributed by atoms with Gasteiger partial charge in [0.25, 0.3) is 0 Å². The van der Waals surface area contributed by atoms with E-state index in [1.165, 1.54) is 22.7 Å². The summed E-state index contributed by atoms with van der Waals surface area (Å²) in [5.41, 5.74) is 1.19. The molecule has 2 aromatic heterocycles. The Morgan fingerprint density at radius 1 is 1.36 bits per heavy atom. The summed E-state index contributed by atoms with van der Waals surface area (Å²) < 4.78 is 15.2. The number of hydrogen-bond acceptors (Lipinski definition) is 3. The maximum absolute atomic E-state index is 13.8. The molecule has 0 saturated carbocycles. The molecule has 7 heteroatoms. The molecule has 112 valence electrons. The van der Waals surface area contributed by atoms with E-state index in [1.54, 1.807) is 24.4 Å². The van der Waals surface area contributed by atoms with Crippen LogP contribution in [0.5, 0.6) is 0 Å². The predicted octanol–water partition coefficient (Wildman–Crippen LogP) is 3.44. The van der Waals surface area contributed by atoms with Crippen LogP contribution in [-0.2, 0) is 6.54 Å². The zero-order valence-electron chi connectivity index (χ0n) is 11.3. The molecule has 1 aromatic carbocycles. The molecule has 0 saturated heterocycles. The van der Waals surface area contributed by atoms with Crippen LogP contribution in [0, 0.1) is 5.82 Å². The fraction of sp³-hybridized carbons (Fsp3) is 0.0667. The van der Waals surface area contributed by atoms with Gasteiger partial charge in [0, 0.05) is 29.5 Å². The van der Waals surface area contributed by atoms with E-state index in [-0.39, 0.29) is 22.8 Å². The lowest BCUT2D eigenvalue weighted by molar-refractivity contribution is 0.0690. The van der Waals surface area contributed by atoms with Crippen molar-refractivity contribution in [1.82, 2.24) is 9.38 Å². The first-order valence-electron chi connectivity index (χ1n) is 6.44. The fourth-order valence-corrected chi connectivity index (χ4v) is 2.47. The van der Waals surface area contributed by atoms with Crippen LogP contribution in [0.4, 0.5) is 10.1 Å². The van der Waals surface area contributed by atoms with Crippen LogP contribution in [0.3, 0.4) is 0 Å². The molecule has 0 spiro atoms. The van der Waals surface area contributed by atoms with Crippen LogP contribution in [0.1, 0.15) is 16.1 Å². The number of benzene rings is 1. The lowest BCUT2D eigenvalue weighted by Crippen LogP contribution is -2.12. The van der Waals surface area contributed by atoms with Crippen molar-refractivity contribution in [3.05, 3.63) is 64.8 Å². The predicted molar refractivity (Wildman–Crippen MR) is 80.9 cm³/mol. The van der Waals surface area contributed by atoms with Gasteiger partial charge >= 0.3 is 5.97 Å². The van der Waals surface area contributed by atoms with Crippen molar-refractivity contribution in [1.29, 1.82) is 0 Å². The molecular weight excluding hydrogens is 309 g/mol. The van der Waals surface area contributed by atoms with Crippen LogP contribution in [0.15, 0.2) is 42.7 Å². The molecule has 22 heavy (non-hydrogen) atoms. The highest BCUT2D eigenvalue weighted by Crippen LogP contribution is 2.23. The summed E-state index contributed by atoms with van der Waals surface area (Å²) in [5.74, 6) is -1.55. The lowest BCUT2D eigenvalue weighted by atomic mass is 10.2. The van der Waals surface area contributed by atoms with Gasteiger partial charge in [0.1, 0.15) is 11.5 Å². The van der Waals surface area contributed by atoms with E-state index in [9.17, 15) is 14.3 Å². The first-order valence-corrected chi connectivity index (χ1v) is 6.82. The number of carboxylic acids is 1. The SMILES string of the molecule is O=C(O)c1c(NCc2c(F)cccc2Cl)ccc2nccn12. The maximum atomic E-state index is 13.8. The van der Waals surface area contributed by atoms with Crippen LogP contribution in [-0.4, -0.2) is 20.5 Å². The number of hydrogen-bond donors (Lipinski definition) is 2. The van der Waals surface area contributed by atoms with E-state index in [1.807, 2.05) is 0 Å². The molecular formula is C15H11ClFN3O2. The standard InChI is InChI=1S/C15H11ClFN3O2/c16-10-2-1-3-11(17)9(10)8-19-12-4-5-13-18-6-7-20(13)14(12)15(21)22/h1-7,19H,8H2,(H,21,22). The third-order valence-corrected chi connectivity index (χ3v) is 3.64. The average molecular weight is 320 g/mol. The monoisotopic (exact) mass is 319 g/mol. The van der Waals surface area contributed by atoms with Gasteiger partial charge in [0.2, 0.25) is 0 Å². The van der Waals surface area contributed by atoms with Crippen molar-refractivity contribution < 1.29 is 14.3 Å². The second-order valence-electron chi connectivity index (χ2n) is 4.61. The van der Waals surface area contributed by atoms with Gasteiger partial charge in [-0.05, 0) is 24.3 Å². The number of pyridine rings is 1. The van der Waals surface area contributed by atoms with Crippen molar-refractivity contribution in [2.75, 3.05) is 5.32 Å². The number of imidazole rings is 1. The zero-order valence-corrected chi connectivity index (χ0v) is 12.0. The number of carboxylic acid groups (broad SMARTS) is 1. The second-order valence-corrected chi connectivity index (χ2v) is 5.02. The van der Waals surface area contributed by atoms with Gasteiger partial charge in [0.05, 0.1) is 5.69 Å². The average Bonchev–Trinajstić information content (AvgIpc) is 2.94. The zero-order chi connectivity index (χ0) is 15.7. The molecule has 0 aliphatic rings. The Morgan fingerprint density at radius 3 is 2.91 bits per heavy atom. The Labute approximate surface area is 130 Å². The van der Waals surface area contributed by atoms with E-state index < -0.39 is 11.8 Å². The molecule has 3 rings (SSSR count). The summed E-state index contributed by atoms with van der Waals surface area (Å²) in [5, 5.41) is 12.6. The van der Waals surface area contributed by atoms with Crippen LogP contribution in [0.25, 0.3) is 5.65 Å². The number of aromatic carboxylic acids is 1. The molecule has 0 amide bonds. The molecule has 2 N–H and O–H groups in total. The molecule has 5 nitrogen and oxygen atoms in total. The molecule has 0 aliphatic heterocycles. The Hall–Kier alpha value is -2.60. The molecule has 2 heterocycles. The Kier molecular flexibility index (Phi) is 3.68. The topological polar surface area (TPSA) is 66.6 Å². The van der Waals surface area contributed by atoms with Crippen molar-refractivity contribution in [3.8, 4) is 0 Å². The third-order valence-electron chi connectivity index (χ3n) is 3.28. The molecule has 0 aliphatic carbocycles. The van der Waals surface area contributed by atoms with E-state index >= 15 is 0 Å². The van der Waals surface area contributed by atoms with E-state index in [0.717, 1.165) is 0 Å². The summed E-state index contributed by atoms with van der Waals surface area (Å²) in [7, 11) is 0. The molecule has 0 atom stereocenters. The van der Waals surface area contributed by atoms with Crippen molar-refractivity contribution >= 4 is 28.9 Å². The lowest BCUT2D eigenvalue weighted by Gasteiger charge is -2.12. The van der Waals surface area contributed by atoms with Gasteiger partial charge in [-0.25, -0.2) is 14.2 Å². The van der Waals surface area contributed by atoms with Crippen LogP contribution < -0.4 is 5.32 Å². The summed E-state index contributed by atoms with van der Waals surface area (Å²) >= 11 is 5.96. The first-order chi connectivity index (χ1) is 10.6. The highest BCUT2D eigenvalue weighted by Gasteiger charge is 2.16. The van der Waals surface area contributed by atoms with Crippen LogP contribution in [0.2, 0.25) is 5.02 Å². The fourth-order valence-electron chi connectivity index (χ4n) is 2.24. The highest BCUT2D eigenvalue weighted by atomic mass is 35.5. The van der Waals surface area contributed by atoms with Gasteiger partial charge in [-0.3, -0.25) is 4.40 Å². The van der Waals surface area contributed by atoms with Gasteiger partial charge in [-0.2, -0.15) is 0 Å². The summed E-state index contributed by atoms with van der Waals surface area (Å²) in [6.45, 7) is 0.0754. The van der Waals surface area contributed by atoms with Crippen molar-refractivity contribution in [2.24, 2.45) is 0 Å². The molecule has 3 aromatic rings. The minimum atomic E-state index is -1.11. The number of aromatic nitrogens is 2. The Balaban J connectivity index is 1.97. The van der Waals surface area contributed by atoms with E-state index in [0.29, 0.717) is 11.3 Å². The largest absolute Gasteiger partial charge is 0.476 e. The smallest absolute Gasteiger partial charge is 0.355 e.